The first-order valence-corrected chi connectivity index (χ1v) is 8.18. The molecule has 0 aromatic carbocycles. The Balaban J connectivity index is 2.04. The van der Waals surface area contributed by atoms with Crippen LogP contribution in [0.2, 0.25) is 0 Å². The first kappa shape index (κ1) is 11.8. The summed E-state index contributed by atoms with van der Waals surface area (Å²) in [5.74, 6) is 0. The Morgan fingerprint density at radius 2 is 2.41 bits per heavy atom. The molecule has 0 amide bonds. The molecule has 0 bridgehead atoms. The molecule has 0 spiro atoms. The van der Waals surface area contributed by atoms with Crippen LogP contribution in [0.15, 0.2) is 15.9 Å². The number of aromatic nitrogens is 1. The minimum atomic E-state index is 0.447. The van der Waals surface area contributed by atoms with Crippen LogP contribution in [0.1, 0.15) is 29.5 Å². The lowest BCUT2D eigenvalue weighted by Gasteiger charge is -2.19. The van der Waals surface area contributed by atoms with Crippen molar-refractivity contribution in [3.63, 3.8) is 0 Å². The maximum atomic E-state index is 4.84. The lowest BCUT2D eigenvalue weighted by atomic mass is 9.98. The van der Waals surface area contributed by atoms with Crippen LogP contribution in [0, 0.1) is 0 Å². The molecular weight excluding hydrogens is 316 g/mol. The quantitative estimate of drug-likeness (QED) is 0.892. The number of thiophene rings is 1. The molecule has 1 unspecified atom stereocenters. The van der Waals surface area contributed by atoms with Gasteiger partial charge in [0.05, 0.1) is 16.6 Å². The highest BCUT2D eigenvalue weighted by Gasteiger charge is 2.24. The van der Waals surface area contributed by atoms with Crippen LogP contribution in [0.5, 0.6) is 0 Å². The SMILES string of the molecule is CNC1CCCc2sc(-c3sccc3Br)nc21. The Labute approximate surface area is 117 Å². The molecule has 1 N–H and O–H groups in total. The molecule has 17 heavy (non-hydrogen) atoms. The van der Waals surface area contributed by atoms with Crippen LogP contribution in [-0.2, 0) is 6.42 Å². The Hall–Kier alpha value is -0.230. The zero-order valence-electron chi connectivity index (χ0n) is 9.50. The number of hydrogen-bond acceptors (Lipinski definition) is 4. The van der Waals surface area contributed by atoms with E-state index in [9.17, 15) is 0 Å². The van der Waals surface area contributed by atoms with Crippen LogP contribution in [-0.4, -0.2) is 12.0 Å². The van der Waals surface area contributed by atoms with Gasteiger partial charge in [0.2, 0.25) is 0 Å². The first-order valence-electron chi connectivity index (χ1n) is 5.70. The Morgan fingerprint density at radius 1 is 1.53 bits per heavy atom. The number of fused-ring (bicyclic) bond motifs is 1. The number of hydrogen-bond donors (Lipinski definition) is 1. The molecule has 2 nitrogen and oxygen atoms in total. The third-order valence-electron chi connectivity index (χ3n) is 3.11. The van der Waals surface area contributed by atoms with Gasteiger partial charge >= 0.3 is 0 Å². The zero-order chi connectivity index (χ0) is 11.8. The van der Waals surface area contributed by atoms with Gasteiger partial charge in [-0.2, -0.15) is 0 Å². The van der Waals surface area contributed by atoms with Crippen molar-refractivity contribution in [2.24, 2.45) is 0 Å². The van der Waals surface area contributed by atoms with Crippen molar-refractivity contribution < 1.29 is 0 Å². The zero-order valence-corrected chi connectivity index (χ0v) is 12.7. The molecule has 1 atom stereocenters. The van der Waals surface area contributed by atoms with Crippen molar-refractivity contribution in [3.05, 3.63) is 26.5 Å². The second-order valence-corrected chi connectivity index (χ2v) is 7.01. The van der Waals surface area contributed by atoms with Gasteiger partial charge in [-0.15, -0.1) is 22.7 Å². The van der Waals surface area contributed by atoms with Gasteiger partial charge in [-0.1, -0.05) is 0 Å². The van der Waals surface area contributed by atoms with E-state index in [1.807, 2.05) is 18.4 Å². The third kappa shape index (κ3) is 2.10. The van der Waals surface area contributed by atoms with Crippen LogP contribution in [0.4, 0.5) is 0 Å². The fourth-order valence-corrected chi connectivity index (χ4v) is 5.20. The van der Waals surface area contributed by atoms with E-state index in [1.54, 1.807) is 11.3 Å². The molecule has 2 aromatic heterocycles. The molecule has 2 aromatic rings. The van der Waals surface area contributed by atoms with Crippen molar-refractivity contribution in [2.45, 2.75) is 25.3 Å². The maximum Gasteiger partial charge on any atom is 0.135 e. The van der Waals surface area contributed by atoms with Gasteiger partial charge in [0.25, 0.3) is 0 Å². The molecular formula is C12H13BrN2S2. The smallest absolute Gasteiger partial charge is 0.135 e. The Kier molecular flexibility index (Phi) is 3.34. The summed E-state index contributed by atoms with van der Waals surface area (Å²) < 4.78 is 1.16. The van der Waals surface area contributed by atoms with Crippen molar-refractivity contribution in [1.82, 2.24) is 10.3 Å². The highest BCUT2D eigenvalue weighted by Crippen LogP contribution is 2.41. The molecule has 2 heterocycles. The summed E-state index contributed by atoms with van der Waals surface area (Å²) in [6.07, 6.45) is 3.66. The predicted molar refractivity (Wildman–Crippen MR) is 77.9 cm³/mol. The molecule has 0 fully saturated rings. The first-order chi connectivity index (χ1) is 8.29. The van der Waals surface area contributed by atoms with E-state index in [1.165, 1.54) is 39.7 Å². The number of halogens is 1. The monoisotopic (exact) mass is 328 g/mol. The molecule has 5 heteroatoms. The number of rotatable bonds is 2. The van der Waals surface area contributed by atoms with Crippen molar-refractivity contribution in [2.75, 3.05) is 7.05 Å². The topological polar surface area (TPSA) is 24.9 Å². The number of nitrogens with one attached hydrogen (secondary N) is 1. The van der Waals surface area contributed by atoms with Gasteiger partial charge in [0.15, 0.2) is 0 Å². The third-order valence-corrected chi connectivity index (χ3v) is 6.24. The van der Waals surface area contributed by atoms with Crippen LogP contribution >= 0.6 is 38.6 Å². The molecule has 3 rings (SSSR count). The van der Waals surface area contributed by atoms with Gasteiger partial charge < -0.3 is 5.32 Å². The van der Waals surface area contributed by atoms with Gasteiger partial charge in [-0.3, -0.25) is 0 Å². The molecule has 0 saturated carbocycles. The highest BCUT2D eigenvalue weighted by molar-refractivity contribution is 9.10. The van der Waals surface area contributed by atoms with E-state index in [0.29, 0.717) is 6.04 Å². The molecule has 0 saturated heterocycles. The van der Waals surface area contributed by atoms with Crippen LogP contribution < -0.4 is 5.32 Å². The normalized spacial score (nSPS) is 19.3. The second kappa shape index (κ2) is 4.80. The lowest BCUT2D eigenvalue weighted by molar-refractivity contribution is 0.490. The van der Waals surface area contributed by atoms with E-state index in [2.05, 4.69) is 32.7 Å². The minimum absolute atomic E-state index is 0.447. The van der Waals surface area contributed by atoms with Gasteiger partial charge in [0, 0.05) is 9.35 Å². The molecule has 0 aliphatic heterocycles. The second-order valence-electron chi connectivity index (χ2n) is 4.16. The summed E-state index contributed by atoms with van der Waals surface area (Å²) in [7, 11) is 2.03. The summed E-state index contributed by atoms with van der Waals surface area (Å²) in [6.45, 7) is 0. The summed E-state index contributed by atoms with van der Waals surface area (Å²) in [5, 5.41) is 6.64. The van der Waals surface area contributed by atoms with Gasteiger partial charge in [-0.25, -0.2) is 4.98 Å². The Bertz CT molecular complexity index is 532. The van der Waals surface area contributed by atoms with Crippen LogP contribution in [0.25, 0.3) is 9.88 Å². The maximum absolute atomic E-state index is 4.84. The van der Waals surface area contributed by atoms with E-state index >= 15 is 0 Å². The number of aryl methyl sites for hydroxylation is 1. The van der Waals surface area contributed by atoms with E-state index in [0.717, 1.165) is 4.47 Å². The van der Waals surface area contributed by atoms with Crippen LogP contribution in [0.3, 0.4) is 0 Å². The molecule has 0 radical (unpaired) electrons. The molecule has 1 aliphatic carbocycles. The van der Waals surface area contributed by atoms with Gasteiger partial charge in [-0.05, 0) is 53.7 Å². The predicted octanol–water partition coefficient (Wildman–Crippen LogP) is 4.23. The van der Waals surface area contributed by atoms with Crippen molar-refractivity contribution in [3.8, 4) is 9.88 Å². The van der Waals surface area contributed by atoms with Crippen molar-refractivity contribution >= 4 is 38.6 Å². The fourth-order valence-electron chi connectivity index (χ4n) is 2.24. The number of thiazole rings is 1. The number of nitrogens with zero attached hydrogens (tertiary/aromatic N) is 1. The molecule has 90 valence electrons. The van der Waals surface area contributed by atoms with E-state index in [-0.39, 0.29) is 0 Å². The van der Waals surface area contributed by atoms with Gasteiger partial charge in [0.1, 0.15) is 5.01 Å². The van der Waals surface area contributed by atoms with Crippen molar-refractivity contribution in [1.29, 1.82) is 0 Å². The lowest BCUT2D eigenvalue weighted by Crippen LogP contribution is -2.21. The largest absolute Gasteiger partial charge is 0.312 e. The summed E-state index contributed by atoms with van der Waals surface area (Å²) in [4.78, 5) is 7.57. The minimum Gasteiger partial charge on any atom is -0.312 e. The standard InChI is InChI=1S/C12H13BrN2S2/c1-14-8-3-2-4-9-10(8)15-12(17-9)11-7(13)5-6-16-11/h5-6,8,14H,2-4H2,1H3. The summed E-state index contributed by atoms with van der Waals surface area (Å²) in [6, 6.07) is 2.54. The van der Waals surface area contributed by atoms with E-state index in [4.69, 9.17) is 4.98 Å². The fraction of sp³-hybridized carbons (Fsp3) is 0.417. The summed E-state index contributed by atoms with van der Waals surface area (Å²) >= 11 is 7.20. The van der Waals surface area contributed by atoms with E-state index < -0.39 is 0 Å². The summed E-state index contributed by atoms with van der Waals surface area (Å²) in [5.41, 5.74) is 1.28. The highest BCUT2D eigenvalue weighted by atomic mass is 79.9. The molecule has 1 aliphatic rings. The average molecular weight is 329 g/mol. The Morgan fingerprint density at radius 3 is 3.12 bits per heavy atom. The average Bonchev–Trinajstić information content (AvgIpc) is 2.93.